The van der Waals surface area contributed by atoms with Crippen molar-refractivity contribution in [2.45, 2.75) is 32.6 Å². The van der Waals surface area contributed by atoms with E-state index in [-0.39, 0.29) is 5.91 Å². The Morgan fingerprint density at radius 1 is 1.47 bits per heavy atom. The van der Waals surface area contributed by atoms with Gasteiger partial charge in [0, 0.05) is 20.1 Å². The zero-order chi connectivity index (χ0) is 14.0. The zero-order valence-electron chi connectivity index (χ0n) is 11.9. The summed E-state index contributed by atoms with van der Waals surface area (Å²) < 4.78 is 0. The maximum Gasteiger partial charge on any atom is 0.311 e. The van der Waals surface area contributed by atoms with Gasteiger partial charge in [-0.05, 0) is 31.7 Å². The molecule has 2 atom stereocenters. The number of carboxylic acids is 1. The molecule has 0 aromatic heterocycles. The van der Waals surface area contributed by atoms with Crippen LogP contribution in [0.2, 0.25) is 0 Å². The molecule has 108 valence electrons. The molecule has 5 nitrogen and oxygen atoms in total. The molecule has 0 bridgehead atoms. The molecule has 5 heteroatoms. The first-order chi connectivity index (χ1) is 8.99. The third-order valence-corrected chi connectivity index (χ3v) is 4.59. The van der Waals surface area contributed by atoms with E-state index in [1.807, 2.05) is 11.9 Å². The molecular weight excluding hydrogens is 244 g/mol. The Labute approximate surface area is 114 Å². The smallest absolute Gasteiger partial charge is 0.311 e. The van der Waals surface area contributed by atoms with Crippen molar-refractivity contribution in [2.75, 3.05) is 33.2 Å². The Balaban J connectivity index is 1.83. The standard InChI is InChI=1S/C14H24N2O3/c1-3-4-6-15(2)12(17)9-16-7-5-11-8-14(11,10-16)13(18)19/h11H,3-10H2,1-2H3,(H,18,19). The molecule has 0 aromatic carbocycles. The Morgan fingerprint density at radius 3 is 2.84 bits per heavy atom. The number of likely N-dealkylation sites (N-methyl/N-ethyl adjacent to an activating group) is 1. The van der Waals surface area contributed by atoms with Crippen molar-refractivity contribution in [3.63, 3.8) is 0 Å². The third kappa shape index (κ3) is 2.91. The second-order valence-electron chi connectivity index (χ2n) is 6.03. The minimum absolute atomic E-state index is 0.105. The van der Waals surface area contributed by atoms with E-state index in [9.17, 15) is 14.7 Å². The zero-order valence-corrected chi connectivity index (χ0v) is 11.9. The molecular formula is C14H24N2O3. The lowest BCUT2D eigenvalue weighted by molar-refractivity contribution is -0.146. The molecule has 1 saturated carbocycles. The normalized spacial score (nSPS) is 29.7. The summed E-state index contributed by atoms with van der Waals surface area (Å²) in [6.45, 7) is 4.65. The Bertz CT molecular complexity index is 372. The van der Waals surface area contributed by atoms with Gasteiger partial charge in [0.25, 0.3) is 0 Å². The fraction of sp³-hybridized carbons (Fsp3) is 0.857. The Hall–Kier alpha value is -1.10. The average molecular weight is 268 g/mol. The molecule has 0 aromatic rings. The van der Waals surface area contributed by atoms with Crippen molar-refractivity contribution in [2.24, 2.45) is 11.3 Å². The summed E-state index contributed by atoms with van der Waals surface area (Å²) in [5.41, 5.74) is -0.541. The summed E-state index contributed by atoms with van der Waals surface area (Å²) in [4.78, 5) is 27.1. The largest absolute Gasteiger partial charge is 0.481 e. The van der Waals surface area contributed by atoms with Gasteiger partial charge in [-0.2, -0.15) is 0 Å². The van der Waals surface area contributed by atoms with Gasteiger partial charge < -0.3 is 10.0 Å². The number of likely N-dealkylation sites (tertiary alicyclic amines) is 1. The number of rotatable bonds is 6. The third-order valence-electron chi connectivity index (χ3n) is 4.59. The van der Waals surface area contributed by atoms with Crippen LogP contribution in [0.15, 0.2) is 0 Å². The Kier molecular flexibility index (Phi) is 4.13. The number of aliphatic carboxylic acids is 1. The van der Waals surface area contributed by atoms with Gasteiger partial charge >= 0.3 is 5.97 Å². The summed E-state index contributed by atoms with van der Waals surface area (Å²) in [5, 5.41) is 9.29. The molecule has 1 aliphatic carbocycles. The number of carbonyl (C=O) groups excluding carboxylic acids is 1. The number of nitrogens with zero attached hydrogens (tertiary/aromatic N) is 2. The predicted molar refractivity (Wildman–Crippen MR) is 71.8 cm³/mol. The number of carboxylic acid groups (broad SMARTS) is 1. The van der Waals surface area contributed by atoms with E-state index in [1.54, 1.807) is 4.90 Å². The van der Waals surface area contributed by atoms with Crippen LogP contribution in [0.3, 0.4) is 0 Å². The predicted octanol–water partition coefficient (Wildman–Crippen LogP) is 1.04. The van der Waals surface area contributed by atoms with Crippen molar-refractivity contribution in [1.82, 2.24) is 9.80 Å². The van der Waals surface area contributed by atoms with Crippen molar-refractivity contribution in [3.05, 3.63) is 0 Å². The summed E-state index contributed by atoms with van der Waals surface area (Å²) in [6, 6.07) is 0. The number of unbranched alkanes of at least 4 members (excludes halogenated alkanes) is 1. The van der Waals surface area contributed by atoms with Crippen LogP contribution in [0.1, 0.15) is 32.6 Å². The molecule has 1 N–H and O–H groups in total. The monoisotopic (exact) mass is 268 g/mol. The second-order valence-corrected chi connectivity index (χ2v) is 6.03. The molecule has 2 unspecified atom stereocenters. The first-order valence-electron chi connectivity index (χ1n) is 7.19. The van der Waals surface area contributed by atoms with Crippen LogP contribution < -0.4 is 0 Å². The van der Waals surface area contributed by atoms with Crippen LogP contribution in [-0.2, 0) is 9.59 Å². The molecule has 1 saturated heterocycles. The number of hydrogen-bond donors (Lipinski definition) is 1. The van der Waals surface area contributed by atoms with E-state index in [0.717, 1.165) is 38.8 Å². The van der Waals surface area contributed by atoms with Gasteiger partial charge in [0.1, 0.15) is 0 Å². The van der Waals surface area contributed by atoms with Gasteiger partial charge in [0.2, 0.25) is 5.91 Å². The fourth-order valence-corrected chi connectivity index (χ4v) is 3.07. The highest BCUT2D eigenvalue weighted by Crippen LogP contribution is 2.57. The molecule has 1 amide bonds. The summed E-state index contributed by atoms with van der Waals surface area (Å²) in [7, 11) is 1.83. The molecule has 0 spiro atoms. The lowest BCUT2D eigenvalue weighted by atomic mass is 9.97. The number of fused-ring (bicyclic) bond motifs is 1. The summed E-state index contributed by atoms with van der Waals surface area (Å²) in [6.07, 6.45) is 3.80. The van der Waals surface area contributed by atoms with Gasteiger partial charge in [-0.15, -0.1) is 0 Å². The topological polar surface area (TPSA) is 60.9 Å². The Morgan fingerprint density at radius 2 is 2.21 bits per heavy atom. The van der Waals surface area contributed by atoms with E-state index < -0.39 is 11.4 Å². The van der Waals surface area contributed by atoms with Gasteiger partial charge in [-0.3, -0.25) is 14.5 Å². The second kappa shape index (κ2) is 5.49. The van der Waals surface area contributed by atoms with Crippen LogP contribution in [0.5, 0.6) is 0 Å². The first-order valence-corrected chi connectivity index (χ1v) is 7.19. The highest BCUT2D eigenvalue weighted by Gasteiger charge is 2.62. The highest BCUT2D eigenvalue weighted by atomic mass is 16.4. The van der Waals surface area contributed by atoms with Crippen molar-refractivity contribution < 1.29 is 14.7 Å². The van der Waals surface area contributed by atoms with Crippen molar-refractivity contribution in [3.8, 4) is 0 Å². The number of carbonyl (C=O) groups is 2. The van der Waals surface area contributed by atoms with Gasteiger partial charge in [-0.25, -0.2) is 0 Å². The fourth-order valence-electron chi connectivity index (χ4n) is 3.07. The minimum atomic E-state index is -0.686. The SMILES string of the molecule is CCCCN(C)C(=O)CN1CCC2CC2(C(=O)O)C1. The van der Waals surface area contributed by atoms with E-state index in [0.29, 0.717) is 19.0 Å². The molecule has 1 aliphatic heterocycles. The highest BCUT2D eigenvalue weighted by molar-refractivity contribution is 5.80. The van der Waals surface area contributed by atoms with Crippen molar-refractivity contribution in [1.29, 1.82) is 0 Å². The molecule has 0 radical (unpaired) electrons. The van der Waals surface area contributed by atoms with E-state index >= 15 is 0 Å². The number of hydrogen-bond acceptors (Lipinski definition) is 3. The van der Waals surface area contributed by atoms with Gasteiger partial charge in [0.05, 0.1) is 12.0 Å². The number of amides is 1. The molecule has 2 rings (SSSR count). The maximum atomic E-state index is 12.0. The van der Waals surface area contributed by atoms with Gasteiger partial charge in [0.15, 0.2) is 0 Å². The van der Waals surface area contributed by atoms with Crippen LogP contribution in [-0.4, -0.2) is 60.0 Å². The lowest BCUT2D eigenvalue weighted by Crippen LogP contribution is -2.45. The minimum Gasteiger partial charge on any atom is -0.481 e. The molecule has 1 heterocycles. The number of piperidine rings is 1. The van der Waals surface area contributed by atoms with Crippen LogP contribution in [0, 0.1) is 11.3 Å². The van der Waals surface area contributed by atoms with Gasteiger partial charge in [-0.1, -0.05) is 13.3 Å². The maximum absolute atomic E-state index is 12.0. The summed E-state index contributed by atoms with van der Waals surface area (Å²) in [5.74, 6) is -0.240. The van der Waals surface area contributed by atoms with Crippen LogP contribution in [0.4, 0.5) is 0 Å². The van der Waals surface area contributed by atoms with E-state index in [2.05, 4.69) is 6.92 Å². The lowest BCUT2D eigenvalue weighted by Gasteiger charge is -2.31. The first kappa shape index (κ1) is 14.3. The van der Waals surface area contributed by atoms with E-state index in [1.165, 1.54) is 0 Å². The van der Waals surface area contributed by atoms with E-state index in [4.69, 9.17) is 0 Å². The molecule has 2 fully saturated rings. The molecule has 2 aliphatic rings. The van der Waals surface area contributed by atoms with Crippen LogP contribution >= 0.6 is 0 Å². The summed E-state index contributed by atoms with van der Waals surface area (Å²) >= 11 is 0. The van der Waals surface area contributed by atoms with Crippen molar-refractivity contribution >= 4 is 11.9 Å². The molecule has 19 heavy (non-hydrogen) atoms. The average Bonchev–Trinajstić information content (AvgIpc) is 3.10. The van der Waals surface area contributed by atoms with Crippen LogP contribution in [0.25, 0.3) is 0 Å². The quantitative estimate of drug-likeness (QED) is 0.782.